The van der Waals surface area contributed by atoms with E-state index in [4.69, 9.17) is 0 Å². The summed E-state index contributed by atoms with van der Waals surface area (Å²) >= 11 is 0. The molecular formula is CuPdPtRu. The van der Waals surface area contributed by atoms with Gasteiger partial charge in [0.05, 0.1) is 0 Å². The maximum Gasteiger partial charge on any atom is 0 e. The first-order valence-electron chi connectivity index (χ1n) is 0. The fraction of sp³-hybridized carbons (Fsp3) is 0. The average Bonchev–Trinajstić information content (AvgIpc) is 0. The molecule has 0 saturated carbocycles. The molecule has 0 amide bonds. The second kappa shape index (κ2) is 17.8. The largest absolute Gasteiger partial charge is 0 e. The predicted octanol–water partition coefficient (Wildman–Crippen LogP) is -0.0100. The van der Waals surface area contributed by atoms with Crippen LogP contribution in [-0.4, -0.2) is 0 Å². The molecule has 0 N–H and O–H groups in total. The van der Waals surface area contributed by atoms with E-state index in [1.165, 1.54) is 0 Å². The van der Waals surface area contributed by atoms with Crippen molar-refractivity contribution in [1.82, 2.24) is 0 Å². The van der Waals surface area contributed by atoms with Crippen LogP contribution in [0.1, 0.15) is 0 Å². The van der Waals surface area contributed by atoms with Gasteiger partial charge in [0.25, 0.3) is 0 Å². The van der Waals surface area contributed by atoms with E-state index in [2.05, 4.69) is 0 Å². The van der Waals surface area contributed by atoms with Gasteiger partial charge in [0.15, 0.2) is 0 Å². The molecule has 0 unspecified atom stereocenters. The van der Waals surface area contributed by atoms with Crippen molar-refractivity contribution in [1.29, 1.82) is 0 Å². The van der Waals surface area contributed by atoms with Gasteiger partial charge in [-0.05, 0) is 0 Å². The van der Waals surface area contributed by atoms with Gasteiger partial charge in [-0.25, -0.2) is 0 Å². The molecule has 0 aliphatic heterocycles. The maximum atomic E-state index is 0. The summed E-state index contributed by atoms with van der Waals surface area (Å²) in [5, 5.41) is 0. The summed E-state index contributed by atoms with van der Waals surface area (Å²) in [6.07, 6.45) is 0. The van der Waals surface area contributed by atoms with Crippen LogP contribution in [0.4, 0.5) is 0 Å². The van der Waals surface area contributed by atoms with Gasteiger partial charge in [-0.2, -0.15) is 0 Å². The second-order valence-corrected chi connectivity index (χ2v) is 0. The minimum Gasteiger partial charge on any atom is 0 e. The van der Waals surface area contributed by atoms with Crippen LogP contribution in [0.5, 0.6) is 0 Å². The Morgan fingerprint density at radius 1 is 1.00 bits per heavy atom. The zero-order valence-electron chi connectivity index (χ0n) is 1.29. The molecule has 4 heteroatoms. The molecule has 4 heavy (non-hydrogen) atoms. The molecule has 0 aromatic carbocycles. The van der Waals surface area contributed by atoms with Crippen LogP contribution in [0.25, 0.3) is 0 Å². The van der Waals surface area contributed by atoms with Gasteiger partial charge in [0, 0.05) is 78.0 Å². The van der Waals surface area contributed by atoms with Crippen LogP contribution in [0.15, 0.2) is 0 Å². The molecule has 0 spiro atoms. The van der Waals surface area contributed by atoms with Gasteiger partial charge in [-0.3, -0.25) is 0 Å². The standard InChI is InChI=1S/Cu.Pd.Pt.Ru. The van der Waals surface area contributed by atoms with Crippen molar-refractivity contribution in [2.75, 3.05) is 0 Å². The van der Waals surface area contributed by atoms with E-state index in [0.29, 0.717) is 0 Å². The topological polar surface area (TPSA) is 0 Å². The molecule has 1 radical (unpaired) electrons. The summed E-state index contributed by atoms with van der Waals surface area (Å²) in [5.74, 6) is 0. The van der Waals surface area contributed by atoms with Crippen molar-refractivity contribution in [3.63, 3.8) is 0 Å². The summed E-state index contributed by atoms with van der Waals surface area (Å²) in [6.45, 7) is 0. The third-order valence-electron chi connectivity index (χ3n) is 0. The molecule has 0 aromatic rings. The molecule has 0 aromatic heterocycles. The Morgan fingerprint density at radius 2 is 1.00 bits per heavy atom. The Balaban J connectivity index is 0. The van der Waals surface area contributed by atoms with Gasteiger partial charge in [-0.1, -0.05) is 0 Å². The van der Waals surface area contributed by atoms with Crippen LogP contribution in [-0.2, 0) is 78.0 Å². The van der Waals surface area contributed by atoms with Gasteiger partial charge in [0.1, 0.15) is 0 Å². The molecule has 0 nitrogen and oxygen atoms in total. The summed E-state index contributed by atoms with van der Waals surface area (Å²) in [5.41, 5.74) is 0. The second-order valence-electron chi connectivity index (χ2n) is 0. The first-order chi connectivity index (χ1) is 0. The van der Waals surface area contributed by atoms with Crippen molar-refractivity contribution in [3.05, 3.63) is 0 Å². The third kappa shape index (κ3) is 8.82. The minimum atomic E-state index is 0. The van der Waals surface area contributed by atoms with Gasteiger partial charge >= 0.3 is 0 Å². The number of hydrogen-bond acceptors (Lipinski definition) is 0. The van der Waals surface area contributed by atoms with Crippen LogP contribution < -0.4 is 0 Å². The van der Waals surface area contributed by atoms with Crippen molar-refractivity contribution in [2.45, 2.75) is 0 Å². The number of rotatable bonds is 0. The Bertz CT molecular complexity index is 8.00. The average molecular weight is 466 g/mol. The zero-order valence-corrected chi connectivity index (χ0v) is 7.79. The fourth-order valence-corrected chi connectivity index (χ4v) is 0. The normalized spacial score (nSPS) is 0. The minimum absolute atomic E-state index is 0. The van der Waals surface area contributed by atoms with E-state index in [0.717, 1.165) is 0 Å². The van der Waals surface area contributed by atoms with Crippen LogP contribution in [0.3, 0.4) is 0 Å². The molecule has 0 heterocycles. The van der Waals surface area contributed by atoms with E-state index >= 15 is 0 Å². The molecular weight excluding hydrogens is 466 g/mol. The van der Waals surface area contributed by atoms with E-state index in [1.54, 1.807) is 0 Å². The van der Waals surface area contributed by atoms with E-state index in [-0.39, 0.29) is 78.0 Å². The summed E-state index contributed by atoms with van der Waals surface area (Å²) in [6, 6.07) is 0. The zero-order chi connectivity index (χ0) is 0. The molecule has 0 saturated heterocycles. The molecule has 0 fully saturated rings. The molecule has 0 aliphatic rings. The smallest absolute Gasteiger partial charge is 0 e. The quantitative estimate of drug-likeness (QED) is 0.441. The Morgan fingerprint density at radius 3 is 1.00 bits per heavy atom. The molecule has 0 aliphatic carbocycles. The molecule has 0 bridgehead atoms. The van der Waals surface area contributed by atoms with Crippen molar-refractivity contribution >= 4 is 0 Å². The molecule has 0 atom stereocenters. The Labute approximate surface area is 77.0 Å². The SMILES string of the molecule is [Cu].[Pd].[Pt].[Ru]. The van der Waals surface area contributed by atoms with Crippen LogP contribution in [0, 0.1) is 0 Å². The van der Waals surface area contributed by atoms with Gasteiger partial charge in [-0.15, -0.1) is 0 Å². The van der Waals surface area contributed by atoms with Crippen LogP contribution in [0.2, 0.25) is 0 Å². The fourth-order valence-electron chi connectivity index (χ4n) is 0. The van der Waals surface area contributed by atoms with E-state index < -0.39 is 0 Å². The first kappa shape index (κ1) is 31.5. The van der Waals surface area contributed by atoms with Crippen LogP contribution >= 0.6 is 0 Å². The molecule has 0 rings (SSSR count). The monoisotopic (exact) mass is 466 g/mol. The Kier molecular flexibility index (Phi) is 141. The summed E-state index contributed by atoms with van der Waals surface area (Å²) in [7, 11) is 0. The number of hydrogen-bond donors (Lipinski definition) is 0. The summed E-state index contributed by atoms with van der Waals surface area (Å²) in [4.78, 5) is 0. The van der Waals surface area contributed by atoms with Crippen molar-refractivity contribution in [3.8, 4) is 0 Å². The first-order valence-corrected chi connectivity index (χ1v) is 0. The molecule has 39 valence electrons. The van der Waals surface area contributed by atoms with Crippen molar-refractivity contribution < 1.29 is 78.0 Å². The van der Waals surface area contributed by atoms with Gasteiger partial charge < -0.3 is 0 Å². The maximum absolute atomic E-state index is 0. The van der Waals surface area contributed by atoms with E-state index in [9.17, 15) is 0 Å². The van der Waals surface area contributed by atoms with Crippen molar-refractivity contribution in [2.24, 2.45) is 0 Å². The van der Waals surface area contributed by atoms with E-state index in [1.807, 2.05) is 0 Å². The summed E-state index contributed by atoms with van der Waals surface area (Å²) < 4.78 is 0. The third-order valence-corrected chi connectivity index (χ3v) is 0. The Hall–Kier alpha value is 2.49. The van der Waals surface area contributed by atoms with Gasteiger partial charge in [0.2, 0.25) is 0 Å². The predicted molar refractivity (Wildman–Crippen MR) is 0 cm³/mol.